The number of thioether (sulfide) groups is 1. The first-order chi connectivity index (χ1) is 9.85. The second-order valence-electron chi connectivity index (χ2n) is 5.65. The predicted octanol–water partition coefficient (Wildman–Crippen LogP) is 2.80. The zero-order chi connectivity index (χ0) is 13.8. The minimum atomic E-state index is 0.691. The highest BCUT2D eigenvalue weighted by Gasteiger charge is 2.19. The summed E-state index contributed by atoms with van der Waals surface area (Å²) in [6.45, 7) is 2.14. The van der Waals surface area contributed by atoms with Crippen LogP contribution in [0, 0.1) is 5.92 Å². The summed E-state index contributed by atoms with van der Waals surface area (Å²) in [6.07, 6.45) is 8.01. The van der Waals surface area contributed by atoms with Gasteiger partial charge in [-0.2, -0.15) is 15.0 Å². The first-order valence-corrected chi connectivity index (χ1v) is 8.65. The van der Waals surface area contributed by atoms with Crippen molar-refractivity contribution in [3.63, 3.8) is 0 Å². The third kappa shape index (κ3) is 3.34. The van der Waals surface area contributed by atoms with E-state index in [1.165, 1.54) is 38.5 Å². The molecule has 0 amide bonds. The van der Waals surface area contributed by atoms with E-state index in [2.05, 4.69) is 25.2 Å². The predicted molar refractivity (Wildman–Crippen MR) is 83.5 cm³/mol. The molecule has 2 fully saturated rings. The molecule has 2 heterocycles. The van der Waals surface area contributed by atoms with E-state index >= 15 is 0 Å². The van der Waals surface area contributed by atoms with Gasteiger partial charge < -0.3 is 10.2 Å². The molecule has 1 saturated heterocycles. The number of nitrogens with one attached hydrogen (secondary N) is 1. The van der Waals surface area contributed by atoms with Crippen molar-refractivity contribution in [2.45, 2.75) is 43.7 Å². The molecule has 2 aliphatic rings. The van der Waals surface area contributed by atoms with Crippen molar-refractivity contribution in [2.24, 2.45) is 5.92 Å². The van der Waals surface area contributed by atoms with Gasteiger partial charge in [0.25, 0.3) is 0 Å². The Morgan fingerprint density at radius 1 is 1.10 bits per heavy atom. The molecule has 110 valence electrons. The lowest BCUT2D eigenvalue weighted by Crippen LogP contribution is -2.21. The molecule has 0 atom stereocenters. The van der Waals surface area contributed by atoms with Crippen LogP contribution in [-0.2, 0) is 0 Å². The largest absolute Gasteiger partial charge is 0.357 e. The van der Waals surface area contributed by atoms with Crippen molar-refractivity contribution in [3.05, 3.63) is 0 Å². The second kappa shape index (κ2) is 6.61. The third-order valence-corrected chi connectivity index (χ3v) is 5.22. The van der Waals surface area contributed by atoms with Gasteiger partial charge in [0.2, 0.25) is 11.9 Å². The highest BCUT2D eigenvalue weighted by atomic mass is 32.2. The SMILES string of the molecule is CNc1nc(SCC2CCCC2)nc(N2CCCC2)n1. The van der Waals surface area contributed by atoms with Gasteiger partial charge >= 0.3 is 0 Å². The molecule has 1 aliphatic heterocycles. The Hall–Kier alpha value is -1.04. The fourth-order valence-corrected chi connectivity index (χ4v) is 3.97. The molecule has 1 aromatic heterocycles. The van der Waals surface area contributed by atoms with Gasteiger partial charge in [-0.3, -0.25) is 0 Å². The molecule has 1 aliphatic carbocycles. The Morgan fingerprint density at radius 2 is 1.85 bits per heavy atom. The van der Waals surface area contributed by atoms with Crippen LogP contribution in [0.2, 0.25) is 0 Å². The molecule has 1 saturated carbocycles. The van der Waals surface area contributed by atoms with Crippen molar-refractivity contribution in [3.8, 4) is 0 Å². The minimum Gasteiger partial charge on any atom is -0.357 e. The van der Waals surface area contributed by atoms with E-state index in [0.717, 1.165) is 35.9 Å². The molecule has 3 rings (SSSR count). The number of aromatic nitrogens is 3. The Labute approximate surface area is 125 Å². The van der Waals surface area contributed by atoms with Crippen molar-refractivity contribution in [1.29, 1.82) is 0 Å². The molecular weight excluding hydrogens is 270 g/mol. The van der Waals surface area contributed by atoms with Crippen LogP contribution in [0.15, 0.2) is 5.16 Å². The highest BCUT2D eigenvalue weighted by Crippen LogP contribution is 2.30. The van der Waals surface area contributed by atoms with Gasteiger partial charge in [-0.05, 0) is 31.6 Å². The topological polar surface area (TPSA) is 53.9 Å². The lowest BCUT2D eigenvalue weighted by molar-refractivity contribution is 0.622. The average molecular weight is 293 g/mol. The van der Waals surface area contributed by atoms with Crippen LogP contribution >= 0.6 is 11.8 Å². The Balaban J connectivity index is 1.69. The normalized spacial score (nSPS) is 19.8. The molecule has 5 nitrogen and oxygen atoms in total. The number of anilines is 2. The summed E-state index contributed by atoms with van der Waals surface area (Å²) in [5.74, 6) is 3.53. The molecule has 0 bridgehead atoms. The molecule has 0 aromatic carbocycles. The van der Waals surface area contributed by atoms with Gasteiger partial charge in [0.05, 0.1) is 0 Å². The number of hydrogen-bond acceptors (Lipinski definition) is 6. The second-order valence-corrected chi connectivity index (χ2v) is 6.63. The first-order valence-electron chi connectivity index (χ1n) is 7.67. The summed E-state index contributed by atoms with van der Waals surface area (Å²) in [5.41, 5.74) is 0. The molecule has 20 heavy (non-hydrogen) atoms. The van der Waals surface area contributed by atoms with Crippen LogP contribution in [0.5, 0.6) is 0 Å². The molecule has 0 unspecified atom stereocenters. The summed E-state index contributed by atoms with van der Waals surface area (Å²) in [4.78, 5) is 15.9. The molecule has 1 N–H and O–H groups in total. The fourth-order valence-electron chi connectivity index (χ4n) is 2.95. The Kier molecular flexibility index (Phi) is 4.60. The van der Waals surface area contributed by atoms with Crippen LogP contribution < -0.4 is 10.2 Å². The minimum absolute atomic E-state index is 0.691. The van der Waals surface area contributed by atoms with Gasteiger partial charge in [0, 0.05) is 25.9 Å². The zero-order valence-corrected chi connectivity index (χ0v) is 13.0. The van der Waals surface area contributed by atoms with E-state index in [-0.39, 0.29) is 0 Å². The third-order valence-electron chi connectivity index (χ3n) is 4.14. The first kappa shape index (κ1) is 13.9. The Morgan fingerprint density at radius 3 is 2.55 bits per heavy atom. The van der Waals surface area contributed by atoms with E-state index in [0.29, 0.717) is 5.95 Å². The maximum Gasteiger partial charge on any atom is 0.231 e. The highest BCUT2D eigenvalue weighted by molar-refractivity contribution is 7.99. The van der Waals surface area contributed by atoms with Crippen molar-refractivity contribution < 1.29 is 0 Å². The van der Waals surface area contributed by atoms with Gasteiger partial charge in [-0.25, -0.2) is 0 Å². The van der Waals surface area contributed by atoms with E-state index in [1.54, 1.807) is 11.8 Å². The molecule has 0 radical (unpaired) electrons. The average Bonchev–Trinajstić information content (AvgIpc) is 3.17. The molecular formula is C14H23N5S. The number of rotatable bonds is 5. The van der Waals surface area contributed by atoms with Gasteiger partial charge in [-0.1, -0.05) is 24.6 Å². The van der Waals surface area contributed by atoms with E-state index in [9.17, 15) is 0 Å². The lowest BCUT2D eigenvalue weighted by Gasteiger charge is -2.16. The summed E-state index contributed by atoms with van der Waals surface area (Å²) >= 11 is 1.79. The molecule has 1 aromatic rings. The molecule has 0 spiro atoms. The maximum atomic E-state index is 4.65. The Bertz CT molecular complexity index is 441. The number of nitrogens with zero attached hydrogens (tertiary/aromatic N) is 4. The zero-order valence-electron chi connectivity index (χ0n) is 12.1. The van der Waals surface area contributed by atoms with Crippen LogP contribution in [-0.4, -0.2) is 40.8 Å². The van der Waals surface area contributed by atoms with Crippen LogP contribution in [0.4, 0.5) is 11.9 Å². The lowest BCUT2D eigenvalue weighted by atomic mass is 10.1. The summed E-state index contributed by atoms with van der Waals surface area (Å²) < 4.78 is 0. The molecule has 6 heteroatoms. The van der Waals surface area contributed by atoms with Gasteiger partial charge in [0.1, 0.15) is 0 Å². The van der Waals surface area contributed by atoms with Gasteiger partial charge in [0.15, 0.2) is 5.16 Å². The van der Waals surface area contributed by atoms with Crippen LogP contribution in [0.25, 0.3) is 0 Å². The monoisotopic (exact) mass is 293 g/mol. The van der Waals surface area contributed by atoms with E-state index in [4.69, 9.17) is 0 Å². The summed E-state index contributed by atoms with van der Waals surface area (Å²) in [6, 6.07) is 0. The quantitative estimate of drug-likeness (QED) is 0.843. The van der Waals surface area contributed by atoms with Crippen LogP contribution in [0.1, 0.15) is 38.5 Å². The van der Waals surface area contributed by atoms with Crippen molar-refractivity contribution >= 4 is 23.7 Å². The smallest absolute Gasteiger partial charge is 0.231 e. The maximum absolute atomic E-state index is 4.65. The number of hydrogen-bond donors (Lipinski definition) is 1. The van der Waals surface area contributed by atoms with E-state index in [1.807, 2.05) is 7.05 Å². The summed E-state index contributed by atoms with van der Waals surface area (Å²) in [5, 5.41) is 3.93. The van der Waals surface area contributed by atoms with Gasteiger partial charge in [-0.15, -0.1) is 0 Å². The standard InChI is InChI=1S/C14H23N5S/c1-15-12-16-13(19-8-4-5-9-19)18-14(17-12)20-10-11-6-2-3-7-11/h11H,2-10H2,1H3,(H,15,16,17,18). The van der Waals surface area contributed by atoms with Crippen molar-refractivity contribution in [2.75, 3.05) is 36.1 Å². The van der Waals surface area contributed by atoms with Crippen LogP contribution in [0.3, 0.4) is 0 Å². The summed E-state index contributed by atoms with van der Waals surface area (Å²) in [7, 11) is 1.87. The van der Waals surface area contributed by atoms with Crippen molar-refractivity contribution in [1.82, 2.24) is 15.0 Å². The van der Waals surface area contributed by atoms with E-state index < -0.39 is 0 Å². The fraction of sp³-hybridized carbons (Fsp3) is 0.786.